The van der Waals surface area contributed by atoms with Gasteiger partial charge in [-0.05, 0) is 62.1 Å². The van der Waals surface area contributed by atoms with E-state index in [-0.39, 0.29) is 29.0 Å². The van der Waals surface area contributed by atoms with Crippen molar-refractivity contribution in [2.45, 2.75) is 42.4 Å². The van der Waals surface area contributed by atoms with Gasteiger partial charge in [0.25, 0.3) is 0 Å². The van der Waals surface area contributed by atoms with Crippen LogP contribution in [0.5, 0.6) is 0 Å². The Bertz CT molecular complexity index is 911. The predicted octanol–water partition coefficient (Wildman–Crippen LogP) is 3.96. The van der Waals surface area contributed by atoms with Crippen LogP contribution in [0.15, 0.2) is 47.4 Å². The quantitative estimate of drug-likeness (QED) is 0.801. The molecule has 4 rings (SSSR count). The first kappa shape index (κ1) is 19.8. The summed E-state index contributed by atoms with van der Waals surface area (Å²) in [5.74, 6) is -0.148. The molecule has 2 aliphatic rings. The summed E-state index contributed by atoms with van der Waals surface area (Å²) in [6, 6.07) is 11.8. The predicted molar refractivity (Wildman–Crippen MR) is 113 cm³/mol. The number of halogens is 1. The van der Waals surface area contributed by atoms with Gasteiger partial charge in [-0.3, -0.25) is 4.79 Å². The number of aryl methyl sites for hydroxylation is 1. The third kappa shape index (κ3) is 4.72. The molecule has 1 atom stereocenters. The number of hydrogen-bond donors (Lipinski definition) is 2. The molecule has 0 bridgehead atoms. The summed E-state index contributed by atoms with van der Waals surface area (Å²) in [6.07, 6.45) is 2.25. The average Bonchev–Trinajstić information content (AvgIpc) is 3.13. The Morgan fingerprint density at radius 1 is 1.10 bits per heavy atom. The summed E-state index contributed by atoms with van der Waals surface area (Å²) in [7, 11) is 0. The molecule has 7 heteroatoms. The number of piperidine rings is 1. The third-order valence-corrected chi connectivity index (χ3v) is 6.70. The number of urea groups is 1. The molecule has 2 aromatic rings. The molecule has 0 aliphatic carbocycles. The molecule has 0 spiro atoms. The highest BCUT2D eigenvalue weighted by molar-refractivity contribution is 8.01. The molecule has 2 heterocycles. The van der Waals surface area contributed by atoms with Gasteiger partial charge >= 0.3 is 6.03 Å². The molecule has 0 saturated carbocycles. The molecule has 1 saturated heterocycles. The lowest BCUT2D eigenvalue weighted by Gasteiger charge is -2.33. The SMILES string of the molecule is Cc1ccc2c(c1)S[C@@H](C(=O)N1CCC(NC(=O)Nc3ccc(F)cc3)CC1)C2. The van der Waals surface area contributed by atoms with Crippen molar-refractivity contribution in [1.82, 2.24) is 10.2 Å². The summed E-state index contributed by atoms with van der Waals surface area (Å²) in [4.78, 5) is 28.2. The first-order chi connectivity index (χ1) is 14.0. The van der Waals surface area contributed by atoms with Gasteiger partial charge < -0.3 is 15.5 Å². The van der Waals surface area contributed by atoms with E-state index in [9.17, 15) is 14.0 Å². The maximum Gasteiger partial charge on any atom is 0.319 e. The average molecular weight is 414 g/mol. The van der Waals surface area contributed by atoms with Crippen molar-refractivity contribution in [2.24, 2.45) is 0 Å². The maximum atomic E-state index is 12.9. The summed E-state index contributed by atoms with van der Waals surface area (Å²) in [5, 5.41) is 5.61. The largest absolute Gasteiger partial charge is 0.342 e. The number of thioether (sulfide) groups is 1. The minimum Gasteiger partial charge on any atom is -0.342 e. The molecule has 0 aromatic heterocycles. The van der Waals surface area contributed by atoms with Gasteiger partial charge in [-0.15, -0.1) is 11.8 Å². The number of likely N-dealkylation sites (tertiary alicyclic amines) is 1. The van der Waals surface area contributed by atoms with E-state index in [1.807, 2.05) is 4.90 Å². The third-order valence-electron chi connectivity index (χ3n) is 5.42. The second-order valence-electron chi connectivity index (χ2n) is 7.63. The normalized spacial score (nSPS) is 19.0. The van der Waals surface area contributed by atoms with Crippen molar-refractivity contribution in [1.29, 1.82) is 0 Å². The van der Waals surface area contributed by atoms with Gasteiger partial charge in [0.05, 0.1) is 5.25 Å². The number of nitrogens with zero attached hydrogens (tertiary/aromatic N) is 1. The van der Waals surface area contributed by atoms with Gasteiger partial charge in [0.15, 0.2) is 0 Å². The van der Waals surface area contributed by atoms with Gasteiger partial charge in [-0.2, -0.15) is 0 Å². The van der Waals surface area contributed by atoms with E-state index in [0.29, 0.717) is 18.8 Å². The number of nitrogens with one attached hydrogen (secondary N) is 2. The van der Waals surface area contributed by atoms with Crippen LogP contribution in [0.3, 0.4) is 0 Å². The number of carbonyl (C=O) groups is 2. The van der Waals surface area contributed by atoms with E-state index in [0.717, 1.165) is 19.3 Å². The topological polar surface area (TPSA) is 61.4 Å². The van der Waals surface area contributed by atoms with Gasteiger partial charge in [0.1, 0.15) is 5.82 Å². The van der Waals surface area contributed by atoms with E-state index >= 15 is 0 Å². The van der Waals surface area contributed by atoms with E-state index in [4.69, 9.17) is 0 Å². The van der Waals surface area contributed by atoms with Crippen LogP contribution in [0.2, 0.25) is 0 Å². The number of amides is 3. The minimum atomic E-state index is -0.341. The van der Waals surface area contributed by atoms with E-state index in [1.54, 1.807) is 11.8 Å². The summed E-state index contributed by atoms with van der Waals surface area (Å²) in [5.41, 5.74) is 3.02. The molecule has 2 aromatic carbocycles. The van der Waals surface area contributed by atoms with E-state index < -0.39 is 0 Å². The number of rotatable bonds is 3. The molecule has 152 valence electrons. The van der Waals surface area contributed by atoms with E-state index in [2.05, 4.69) is 35.8 Å². The fourth-order valence-electron chi connectivity index (χ4n) is 3.81. The van der Waals surface area contributed by atoms with Crippen molar-refractivity contribution in [3.8, 4) is 0 Å². The fraction of sp³-hybridized carbons (Fsp3) is 0.364. The zero-order chi connectivity index (χ0) is 20.4. The van der Waals surface area contributed by atoms with Crippen molar-refractivity contribution >= 4 is 29.4 Å². The lowest BCUT2D eigenvalue weighted by molar-refractivity contribution is -0.131. The summed E-state index contributed by atoms with van der Waals surface area (Å²) < 4.78 is 12.9. The van der Waals surface area contributed by atoms with Crippen LogP contribution in [-0.2, 0) is 11.2 Å². The molecule has 5 nitrogen and oxygen atoms in total. The lowest BCUT2D eigenvalue weighted by atomic mass is 10.0. The lowest BCUT2D eigenvalue weighted by Crippen LogP contribution is -2.49. The molecule has 2 N–H and O–H groups in total. The molecular formula is C22H24FN3O2S. The van der Waals surface area contributed by atoms with Gasteiger partial charge in [0, 0.05) is 29.7 Å². The van der Waals surface area contributed by atoms with Crippen molar-refractivity contribution in [3.63, 3.8) is 0 Å². The number of fused-ring (bicyclic) bond motifs is 1. The number of benzene rings is 2. The van der Waals surface area contributed by atoms with Crippen molar-refractivity contribution in [2.75, 3.05) is 18.4 Å². The second kappa shape index (κ2) is 8.45. The number of carbonyl (C=O) groups excluding carboxylic acids is 2. The maximum absolute atomic E-state index is 12.9. The molecule has 0 radical (unpaired) electrons. The Hall–Kier alpha value is -2.54. The molecule has 3 amide bonds. The Morgan fingerprint density at radius 3 is 2.55 bits per heavy atom. The molecule has 1 fully saturated rings. The number of hydrogen-bond acceptors (Lipinski definition) is 3. The van der Waals surface area contributed by atoms with Crippen LogP contribution in [0.4, 0.5) is 14.9 Å². The summed E-state index contributed by atoms with van der Waals surface area (Å²) in [6.45, 7) is 3.36. The molecule has 2 aliphatic heterocycles. The van der Waals surface area contributed by atoms with Gasteiger partial charge in [-0.25, -0.2) is 9.18 Å². The Labute approximate surface area is 174 Å². The highest BCUT2D eigenvalue weighted by Gasteiger charge is 2.33. The molecule has 29 heavy (non-hydrogen) atoms. The van der Waals surface area contributed by atoms with Gasteiger partial charge in [0.2, 0.25) is 5.91 Å². The van der Waals surface area contributed by atoms with Crippen LogP contribution < -0.4 is 10.6 Å². The van der Waals surface area contributed by atoms with Gasteiger partial charge in [-0.1, -0.05) is 17.7 Å². The Kier molecular flexibility index (Phi) is 5.76. The Morgan fingerprint density at radius 2 is 1.83 bits per heavy atom. The fourth-order valence-corrected chi connectivity index (χ4v) is 5.18. The molecular weight excluding hydrogens is 389 g/mol. The van der Waals surface area contributed by atoms with E-state index in [1.165, 1.54) is 40.3 Å². The van der Waals surface area contributed by atoms with Crippen LogP contribution in [0.25, 0.3) is 0 Å². The summed E-state index contributed by atoms with van der Waals surface area (Å²) >= 11 is 1.67. The Balaban J connectivity index is 1.24. The standard InChI is InChI=1S/C22H24FN3O2S/c1-14-2-3-15-13-20(29-19(15)12-14)21(27)26-10-8-18(9-11-26)25-22(28)24-17-6-4-16(23)5-7-17/h2-7,12,18,20H,8-11,13H2,1H3,(H2,24,25,28)/t20-/m1/s1. The zero-order valence-electron chi connectivity index (χ0n) is 16.3. The van der Waals surface area contributed by atoms with Crippen molar-refractivity contribution in [3.05, 3.63) is 59.4 Å². The zero-order valence-corrected chi connectivity index (χ0v) is 17.1. The van der Waals surface area contributed by atoms with Crippen LogP contribution >= 0.6 is 11.8 Å². The van der Waals surface area contributed by atoms with Crippen molar-refractivity contribution < 1.29 is 14.0 Å². The van der Waals surface area contributed by atoms with Crippen LogP contribution in [0, 0.1) is 12.7 Å². The highest BCUT2D eigenvalue weighted by atomic mass is 32.2. The second-order valence-corrected chi connectivity index (χ2v) is 8.87. The van der Waals surface area contributed by atoms with Crippen LogP contribution in [-0.4, -0.2) is 41.2 Å². The smallest absolute Gasteiger partial charge is 0.319 e. The minimum absolute atomic E-state index is 0.0237. The van der Waals surface area contributed by atoms with Crippen LogP contribution in [0.1, 0.15) is 24.0 Å². The first-order valence-electron chi connectivity index (χ1n) is 9.86. The highest BCUT2D eigenvalue weighted by Crippen LogP contribution is 2.38. The molecule has 0 unspecified atom stereocenters. The first-order valence-corrected chi connectivity index (χ1v) is 10.7. The number of anilines is 1. The monoisotopic (exact) mass is 413 g/mol.